The maximum atomic E-state index is 12.6. The van der Waals surface area contributed by atoms with Gasteiger partial charge in [0.25, 0.3) is 5.91 Å². The molecule has 27 heavy (non-hydrogen) atoms. The van der Waals surface area contributed by atoms with Crippen molar-refractivity contribution in [1.29, 1.82) is 0 Å². The van der Waals surface area contributed by atoms with Crippen molar-refractivity contribution in [2.75, 3.05) is 18.6 Å². The lowest BCUT2D eigenvalue weighted by molar-refractivity contribution is -0.142. The first-order valence-corrected chi connectivity index (χ1v) is 8.99. The van der Waals surface area contributed by atoms with Gasteiger partial charge < -0.3 is 14.8 Å². The molecular weight excluding hydrogens is 463 g/mol. The second-order valence-corrected chi connectivity index (χ2v) is 6.68. The number of nitrogens with one attached hydrogen (secondary N) is 1. The van der Waals surface area contributed by atoms with Gasteiger partial charge in [0.1, 0.15) is 11.4 Å². The first-order valence-electron chi connectivity index (χ1n) is 7.91. The minimum Gasteiger partial charge on any atom is -0.481 e. The van der Waals surface area contributed by atoms with Crippen molar-refractivity contribution in [3.05, 3.63) is 63.4 Å². The molecule has 138 valence electrons. The van der Waals surface area contributed by atoms with Gasteiger partial charge in [-0.3, -0.25) is 4.79 Å². The van der Waals surface area contributed by atoms with Crippen molar-refractivity contribution in [3.8, 4) is 5.75 Å². The summed E-state index contributed by atoms with van der Waals surface area (Å²) in [6.07, 6.45) is 1.59. The van der Waals surface area contributed by atoms with Crippen molar-refractivity contribution in [1.82, 2.24) is 5.32 Å². The van der Waals surface area contributed by atoms with Gasteiger partial charge in [0, 0.05) is 0 Å². The molecule has 2 aromatic carbocycles. The fraction of sp³-hybridized carbons (Fsp3) is 0.105. The Morgan fingerprint density at radius 2 is 1.93 bits per heavy atom. The highest BCUT2D eigenvalue weighted by Gasteiger charge is 2.34. The highest BCUT2D eigenvalue weighted by atomic mass is 127. The number of ether oxygens (including phenoxy) is 2. The van der Waals surface area contributed by atoms with Gasteiger partial charge in [-0.25, -0.2) is 14.5 Å². The minimum absolute atomic E-state index is 0.183. The lowest BCUT2D eigenvalue weighted by Crippen LogP contribution is -2.30. The van der Waals surface area contributed by atoms with E-state index in [1.165, 1.54) is 7.11 Å². The van der Waals surface area contributed by atoms with Gasteiger partial charge in [-0.05, 0) is 58.5 Å². The maximum Gasteiger partial charge on any atom is 0.343 e. The van der Waals surface area contributed by atoms with Crippen LogP contribution in [0.3, 0.4) is 0 Å². The van der Waals surface area contributed by atoms with E-state index in [4.69, 9.17) is 4.74 Å². The molecule has 0 aromatic heterocycles. The van der Waals surface area contributed by atoms with Crippen molar-refractivity contribution < 1.29 is 23.9 Å². The first kappa shape index (κ1) is 18.9. The Balaban J connectivity index is 1.79. The summed E-state index contributed by atoms with van der Waals surface area (Å²) in [5.41, 5.74) is 1.40. The summed E-state index contributed by atoms with van der Waals surface area (Å²) in [7, 11) is 1.29. The molecule has 8 heteroatoms. The monoisotopic (exact) mass is 478 g/mol. The maximum absolute atomic E-state index is 12.6. The lowest BCUT2D eigenvalue weighted by atomic mass is 10.2. The number of halogens is 1. The molecule has 0 spiro atoms. The van der Waals surface area contributed by atoms with E-state index in [9.17, 15) is 14.4 Å². The Bertz CT molecular complexity index is 927. The molecule has 1 fully saturated rings. The Labute approximate surface area is 169 Å². The number of amides is 3. The number of rotatable bonds is 5. The minimum atomic E-state index is -0.495. The summed E-state index contributed by atoms with van der Waals surface area (Å²) in [5.74, 6) is -0.375. The summed E-state index contributed by atoms with van der Waals surface area (Å²) < 4.78 is 10.7. The third-order valence-corrected chi connectivity index (χ3v) is 4.58. The third kappa shape index (κ3) is 4.27. The number of benzene rings is 2. The van der Waals surface area contributed by atoms with Gasteiger partial charge in [0.15, 0.2) is 6.61 Å². The van der Waals surface area contributed by atoms with Crippen LogP contribution >= 0.6 is 22.6 Å². The van der Waals surface area contributed by atoms with Crippen LogP contribution in [-0.4, -0.2) is 31.6 Å². The van der Waals surface area contributed by atoms with Crippen molar-refractivity contribution in [2.24, 2.45) is 0 Å². The number of urea groups is 1. The zero-order chi connectivity index (χ0) is 19.4. The molecule has 0 saturated carbocycles. The van der Waals surface area contributed by atoms with Gasteiger partial charge in [-0.15, -0.1) is 0 Å². The van der Waals surface area contributed by atoms with E-state index in [1.54, 1.807) is 48.5 Å². The standard InChI is InChI=1S/C19H15IN2O5/c1-26-17(23)11-27-16-8-7-12(9-14(16)20)10-15-18(24)22(19(25)21-15)13-5-3-2-4-6-13/h2-10H,11H2,1H3,(H,21,25)/b15-10+. The predicted octanol–water partition coefficient (Wildman–Crippen LogP) is 2.94. The highest BCUT2D eigenvalue weighted by molar-refractivity contribution is 14.1. The Morgan fingerprint density at radius 3 is 2.59 bits per heavy atom. The van der Waals surface area contributed by atoms with E-state index < -0.39 is 17.9 Å². The summed E-state index contributed by atoms with van der Waals surface area (Å²) >= 11 is 2.07. The van der Waals surface area contributed by atoms with Crippen molar-refractivity contribution in [3.63, 3.8) is 0 Å². The number of hydrogen-bond donors (Lipinski definition) is 1. The van der Waals surface area contributed by atoms with Gasteiger partial charge in [0.2, 0.25) is 0 Å². The van der Waals surface area contributed by atoms with Crippen LogP contribution in [0, 0.1) is 3.57 Å². The number of carbonyl (C=O) groups excluding carboxylic acids is 3. The molecule has 1 aliphatic heterocycles. The number of esters is 1. The van der Waals surface area contributed by atoms with Crippen molar-refractivity contribution >= 4 is 52.3 Å². The Morgan fingerprint density at radius 1 is 1.19 bits per heavy atom. The Kier molecular flexibility index (Phi) is 5.75. The Hall–Kier alpha value is -2.88. The molecule has 3 rings (SSSR count). The van der Waals surface area contributed by atoms with Gasteiger partial charge in [-0.2, -0.15) is 0 Å². The fourth-order valence-corrected chi connectivity index (χ4v) is 3.13. The van der Waals surface area contributed by atoms with Crippen molar-refractivity contribution in [2.45, 2.75) is 0 Å². The number of imide groups is 1. The zero-order valence-corrected chi connectivity index (χ0v) is 16.4. The summed E-state index contributed by atoms with van der Waals surface area (Å²) in [5, 5.41) is 2.59. The molecule has 1 heterocycles. The predicted molar refractivity (Wildman–Crippen MR) is 107 cm³/mol. The molecule has 0 atom stereocenters. The number of hydrogen-bond acceptors (Lipinski definition) is 5. The molecule has 1 aliphatic rings. The van der Waals surface area contributed by atoms with Crippen LogP contribution < -0.4 is 15.0 Å². The normalized spacial score (nSPS) is 15.0. The first-order chi connectivity index (χ1) is 13.0. The van der Waals surface area contributed by atoms with E-state index in [0.29, 0.717) is 17.0 Å². The fourth-order valence-electron chi connectivity index (χ4n) is 2.43. The van der Waals surface area contributed by atoms with Crippen LogP contribution in [0.15, 0.2) is 54.2 Å². The number of para-hydroxylation sites is 1. The average Bonchev–Trinajstić information content (AvgIpc) is 2.94. The lowest BCUT2D eigenvalue weighted by Gasteiger charge is -2.11. The SMILES string of the molecule is COC(=O)COc1ccc(/C=C2/NC(=O)N(c3ccccc3)C2=O)cc1I. The van der Waals surface area contributed by atoms with E-state index in [0.717, 1.165) is 8.47 Å². The summed E-state index contributed by atoms with van der Waals surface area (Å²) in [6, 6.07) is 13.4. The molecule has 0 radical (unpaired) electrons. The second-order valence-electron chi connectivity index (χ2n) is 5.52. The molecule has 3 amide bonds. The van der Waals surface area contributed by atoms with E-state index in [2.05, 4.69) is 32.6 Å². The van der Waals surface area contributed by atoms with Crippen LogP contribution in [0.5, 0.6) is 5.75 Å². The number of anilines is 1. The van der Waals surface area contributed by atoms with Crippen LogP contribution in [-0.2, 0) is 14.3 Å². The molecule has 0 aliphatic carbocycles. The average molecular weight is 478 g/mol. The zero-order valence-electron chi connectivity index (χ0n) is 14.3. The second kappa shape index (κ2) is 8.21. The quantitative estimate of drug-likeness (QED) is 0.309. The van der Waals surface area contributed by atoms with Crippen LogP contribution in [0.1, 0.15) is 5.56 Å². The topological polar surface area (TPSA) is 84.9 Å². The van der Waals surface area contributed by atoms with Gasteiger partial charge >= 0.3 is 12.0 Å². The van der Waals surface area contributed by atoms with Crippen LogP contribution in [0.2, 0.25) is 0 Å². The molecule has 7 nitrogen and oxygen atoms in total. The van der Waals surface area contributed by atoms with E-state index in [-0.39, 0.29) is 12.3 Å². The van der Waals surface area contributed by atoms with E-state index in [1.807, 2.05) is 6.07 Å². The smallest absolute Gasteiger partial charge is 0.343 e. The van der Waals surface area contributed by atoms with Gasteiger partial charge in [0.05, 0.1) is 16.4 Å². The molecular formula is C19H15IN2O5. The highest BCUT2D eigenvalue weighted by Crippen LogP contribution is 2.25. The number of methoxy groups -OCH3 is 1. The molecule has 0 unspecified atom stereocenters. The largest absolute Gasteiger partial charge is 0.481 e. The molecule has 0 bridgehead atoms. The molecule has 2 aromatic rings. The number of nitrogens with zero attached hydrogens (tertiary/aromatic N) is 1. The molecule has 1 saturated heterocycles. The van der Waals surface area contributed by atoms with Crippen LogP contribution in [0.25, 0.3) is 6.08 Å². The third-order valence-electron chi connectivity index (χ3n) is 3.73. The van der Waals surface area contributed by atoms with Crippen LogP contribution in [0.4, 0.5) is 10.5 Å². The summed E-state index contributed by atoms with van der Waals surface area (Å²) in [6.45, 7) is -0.187. The van der Waals surface area contributed by atoms with E-state index >= 15 is 0 Å². The summed E-state index contributed by atoms with van der Waals surface area (Å²) in [4.78, 5) is 37.0. The van der Waals surface area contributed by atoms with Gasteiger partial charge in [-0.1, -0.05) is 24.3 Å². The molecule has 1 N–H and O–H groups in total. The number of carbonyl (C=O) groups is 3.